The van der Waals surface area contributed by atoms with Gasteiger partial charge in [0.1, 0.15) is 0 Å². The lowest BCUT2D eigenvalue weighted by Gasteiger charge is -2.08. The first kappa shape index (κ1) is 10.2. The van der Waals surface area contributed by atoms with Gasteiger partial charge in [-0.3, -0.25) is 0 Å². The molecule has 1 aromatic heterocycles. The van der Waals surface area contributed by atoms with Crippen molar-refractivity contribution in [3.63, 3.8) is 0 Å². The zero-order valence-electron chi connectivity index (χ0n) is 7.65. The van der Waals surface area contributed by atoms with Gasteiger partial charge in [-0.25, -0.2) is 0 Å². The molecule has 0 fully saturated rings. The Morgan fingerprint density at radius 2 is 2.33 bits per heavy atom. The van der Waals surface area contributed by atoms with E-state index in [9.17, 15) is 0 Å². The van der Waals surface area contributed by atoms with E-state index in [4.69, 9.17) is 0 Å². The third kappa shape index (κ3) is 2.31. The van der Waals surface area contributed by atoms with Crippen LogP contribution < -0.4 is 5.32 Å². The Morgan fingerprint density at radius 1 is 1.67 bits per heavy atom. The van der Waals surface area contributed by atoms with Crippen LogP contribution in [0.25, 0.3) is 0 Å². The number of rotatable bonds is 3. The highest BCUT2D eigenvalue weighted by Crippen LogP contribution is 2.30. The average molecular weight is 248 g/mol. The molecule has 68 valence electrons. The molecule has 1 atom stereocenters. The van der Waals surface area contributed by atoms with Gasteiger partial charge < -0.3 is 5.32 Å². The normalized spacial score (nSPS) is 13.3. The molecule has 1 rings (SSSR count). The van der Waals surface area contributed by atoms with Crippen LogP contribution in [0.4, 0.5) is 0 Å². The van der Waals surface area contributed by atoms with Crippen LogP contribution in [0.3, 0.4) is 0 Å². The maximum Gasteiger partial charge on any atom is 0.0386 e. The summed E-state index contributed by atoms with van der Waals surface area (Å²) in [4.78, 5) is 2.76. The zero-order valence-corrected chi connectivity index (χ0v) is 10.1. The lowest BCUT2D eigenvalue weighted by molar-refractivity contribution is 0.607. The van der Waals surface area contributed by atoms with E-state index in [2.05, 4.69) is 48.1 Å². The lowest BCUT2D eigenvalue weighted by Crippen LogP contribution is -2.16. The summed E-state index contributed by atoms with van der Waals surface area (Å²) in [5.74, 6) is 0. The Hall–Kier alpha value is 0.140. The van der Waals surface area contributed by atoms with Crippen molar-refractivity contribution in [3.8, 4) is 0 Å². The van der Waals surface area contributed by atoms with E-state index in [1.54, 1.807) is 0 Å². The molecule has 1 nitrogen and oxygen atoms in total. The summed E-state index contributed by atoms with van der Waals surface area (Å²) in [5, 5.41) is 3.39. The predicted octanol–water partition coefficient (Wildman–Crippen LogP) is 3.49. The molecule has 12 heavy (non-hydrogen) atoms. The molecule has 0 saturated heterocycles. The molecule has 0 saturated carbocycles. The van der Waals surface area contributed by atoms with Crippen LogP contribution in [0.5, 0.6) is 0 Å². The largest absolute Gasteiger partial charge is 0.310 e. The third-order valence-electron chi connectivity index (χ3n) is 1.81. The Balaban J connectivity index is 2.74. The topological polar surface area (TPSA) is 12.0 Å². The minimum absolute atomic E-state index is 0.477. The van der Waals surface area contributed by atoms with Crippen molar-refractivity contribution in [2.75, 3.05) is 6.54 Å². The summed E-state index contributed by atoms with van der Waals surface area (Å²) >= 11 is 5.37. The van der Waals surface area contributed by atoms with Crippen molar-refractivity contribution in [1.29, 1.82) is 0 Å². The number of aryl methyl sites for hydroxylation is 1. The van der Waals surface area contributed by atoms with E-state index in [-0.39, 0.29) is 0 Å². The second kappa shape index (κ2) is 4.40. The Morgan fingerprint density at radius 3 is 2.75 bits per heavy atom. The van der Waals surface area contributed by atoms with Gasteiger partial charge in [-0.1, -0.05) is 6.92 Å². The number of halogens is 1. The molecule has 1 N–H and O–H groups in total. The molecule has 1 unspecified atom stereocenters. The van der Waals surface area contributed by atoms with E-state index < -0.39 is 0 Å². The number of hydrogen-bond acceptors (Lipinski definition) is 2. The molecule has 0 amide bonds. The van der Waals surface area contributed by atoms with Crippen LogP contribution >= 0.6 is 27.3 Å². The second-order valence-electron chi connectivity index (χ2n) is 2.83. The van der Waals surface area contributed by atoms with Crippen molar-refractivity contribution >= 4 is 27.3 Å². The molecule has 3 heteroatoms. The van der Waals surface area contributed by atoms with Crippen LogP contribution in [0.2, 0.25) is 0 Å². The second-order valence-corrected chi connectivity index (χ2v) is 4.97. The minimum atomic E-state index is 0.477. The summed E-state index contributed by atoms with van der Waals surface area (Å²) in [6.07, 6.45) is 0. The number of nitrogens with one attached hydrogen (secondary N) is 1. The molecular formula is C9H14BrNS. The molecule has 0 spiro atoms. The fourth-order valence-electron chi connectivity index (χ4n) is 1.10. The van der Waals surface area contributed by atoms with Crippen LogP contribution in [-0.4, -0.2) is 6.54 Å². The maximum absolute atomic E-state index is 3.52. The quantitative estimate of drug-likeness (QED) is 0.863. The van der Waals surface area contributed by atoms with E-state index in [1.165, 1.54) is 14.2 Å². The smallest absolute Gasteiger partial charge is 0.0386 e. The van der Waals surface area contributed by atoms with Gasteiger partial charge in [0.2, 0.25) is 0 Å². The first-order valence-corrected chi connectivity index (χ1v) is 5.75. The summed E-state index contributed by atoms with van der Waals surface area (Å²) in [6, 6.07) is 2.68. The van der Waals surface area contributed by atoms with Crippen molar-refractivity contribution in [2.24, 2.45) is 0 Å². The molecule has 1 aromatic rings. The van der Waals surface area contributed by atoms with Gasteiger partial charge in [0.15, 0.2) is 0 Å². The fourth-order valence-corrected chi connectivity index (χ4v) is 2.69. The van der Waals surface area contributed by atoms with Crippen LogP contribution in [0.15, 0.2) is 10.5 Å². The highest BCUT2D eigenvalue weighted by molar-refractivity contribution is 9.10. The Kier molecular flexibility index (Phi) is 3.75. The van der Waals surface area contributed by atoms with Crippen LogP contribution in [0.1, 0.15) is 29.6 Å². The SMILES string of the molecule is CCNC(C)c1cc(Br)c(C)s1. The first-order valence-electron chi connectivity index (χ1n) is 4.14. The monoisotopic (exact) mass is 247 g/mol. The number of thiophene rings is 1. The van der Waals surface area contributed by atoms with Gasteiger partial charge in [0.25, 0.3) is 0 Å². The molecule has 0 aliphatic heterocycles. The van der Waals surface area contributed by atoms with Gasteiger partial charge in [0, 0.05) is 20.3 Å². The van der Waals surface area contributed by atoms with Gasteiger partial charge in [0.05, 0.1) is 0 Å². The summed E-state index contributed by atoms with van der Waals surface area (Å²) in [7, 11) is 0. The molecular weight excluding hydrogens is 234 g/mol. The van der Waals surface area contributed by atoms with Crippen LogP contribution in [0, 0.1) is 6.92 Å². The maximum atomic E-state index is 3.52. The van der Waals surface area contributed by atoms with E-state index >= 15 is 0 Å². The summed E-state index contributed by atoms with van der Waals surface area (Å²) in [6.45, 7) is 7.49. The third-order valence-corrected chi connectivity index (χ3v) is 4.13. The van der Waals surface area contributed by atoms with E-state index in [0.717, 1.165) is 6.54 Å². The molecule has 0 aliphatic rings. The lowest BCUT2D eigenvalue weighted by atomic mass is 10.3. The summed E-state index contributed by atoms with van der Waals surface area (Å²) < 4.78 is 1.23. The average Bonchev–Trinajstić information content (AvgIpc) is 2.33. The molecule has 1 heterocycles. The highest BCUT2D eigenvalue weighted by Gasteiger charge is 2.08. The zero-order chi connectivity index (χ0) is 9.14. The van der Waals surface area contributed by atoms with Crippen molar-refractivity contribution in [1.82, 2.24) is 5.32 Å². The van der Waals surface area contributed by atoms with Gasteiger partial charge >= 0.3 is 0 Å². The highest BCUT2D eigenvalue weighted by atomic mass is 79.9. The molecule has 0 radical (unpaired) electrons. The van der Waals surface area contributed by atoms with Gasteiger partial charge in [-0.15, -0.1) is 11.3 Å². The fraction of sp³-hybridized carbons (Fsp3) is 0.556. The van der Waals surface area contributed by atoms with Crippen molar-refractivity contribution < 1.29 is 0 Å². The van der Waals surface area contributed by atoms with Crippen molar-refractivity contribution in [3.05, 3.63) is 20.3 Å². The molecule has 0 aliphatic carbocycles. The standard InChI is InChI=1S/C9H14BrNS/c1-4-11-6(2)9-5-8(10)7(3)12-9/h5-6,11H,4H2,1-3H3. The van der Waals surface area contributed by atoms with Gasteiger partial charge in [-0.2, -0.15) is 0 Å². The van der Waals surface area contributed by atoms with Gasteiger partial charge in [-0.05, 0) is 42.4 Å². The first-order chi connectivity index (χ1) is 5.65. The van der Waals surface area contributed by atoms with Crippen LogP contribution in [-0.2, 0) is 0 Å². The summed E-state index contributed by atoms with van der Waals surface area (Å²) in [5.41, 5.74) is 0. The van der Waals surface area contributed by atoms with Crippen molar-refractivity contribution in [2.45, 2.75) is 26.8 Å². The minimum Gasteiger partial charge on any atom is -0.310 e. The number of hydrogen-bond donors (Lipinski definition) is 1. The molecule has 0 aromatic carbocycles. The Labute approximate surface area is 86.3 Å². The van der Waals surface area contributed by atoms with E-state index in [0.29, 0.717) is 6.04 Å². The molecule has 0 bridgehead atoms. The Bertz CT molecular complexity index is 238. The predicted molar refractivity (Wildman–Crippen MR) is 58.8 cm³/mol. The van der Waals surface area contributed by atoms with E-state index in [1.807, 2.05) is 11.3 Å².